The summed E-state index contributed by atoms with van der Waals surface area (Å²) in [4.78, 5) is 15.6. The third kappa shape index (κ3) is 5.75. The molecule has 0 atom stereocenters. The predicted octanol–water partition coefficient (Wildman–Crippen LogP) is 2.54. The molecule has 0 saturated carbocycles. The summed E-state index contributed by atoms with van der Waals surface area (Å²) in [5.74, 6) is -0.521. The summed E-state index contributed by atoms with van der Waals surface area (Å²) in [5, 5.41) is 4.84. The lowest BCUT2D eigenvalue weighted by Gasteiger charge is -2.19. The average molecular weight is 444 g/mol. The third-order valence-corrected chi connectivity index (χ3v) is 5.97. The van der Waals surface area contributed by atoms with Gasteiger partial charge in [0.25, 0.3) is 0 Å². The molecule has 162 valence electrons. The molecule has 0 spiro atoms. The molecule has 2 N–H and O–H groups in total. The number of alkyl halides is 3. The summed E-state index contributed by atoms with van der Waals surface area (Å²) in [6.45, 7) is -1.22. The molecule has 2 amide bonds. The number of nitrogens with one attached hydrogen (secondary N) is 2. The normalized spacial score (nSPS) is 13.6. The van der Waals surface area contributed by atoms with Gasteiger partial charge < -0.3 is 15.4 Å². The monoisotopic (exact) mass is 444 g/mol. The number of nitrogens with zero attached hydrogens (tertiary/aromatic N) is 2. The first-order valence-corrected chi connectivity index (χ1v) is 10.5. The number of fused-ring (bicyclic) bond motifs is 1. The van der Waals surface area contributed by atoms with Gasteiger partial charge in [-0.2, -0.15) is 13.2 Å². The first-order valence-electron chi connectivity index (χ1n) is 8.93. The minimum atomic E-state index is -4.48. The van der Waals surface area contributed by atoms with Gasteiger partial charge in [-0.15, -0.1) is 0 Å². The molecule has 0 aliphatic carbocycles. The van der Waals surface area contributed by atoms with E-state index in [1.54, 1.807) is 12.1 Å². The van der Waals surface area contributed by atoms with Crippen LogP contribution in [0.25, 0.3) is 0 Å². The van der Waals surface area contributed by atoms with E-state index in [4.69, 9.17) is 0 Å². The number of urea groups is 1. The summed E-state index contributed by atoms with van der Waals surface area (Å²) in [6.07, 6.45) is -2.71. The number of carbonyl (C=O) groups is 1. The standard InChI is InChI=1S/C18H19F3N4O4S/c19-18(20,21)12-29-16-6-5-14(11-23-16)24-17(26)22-8-10-30(27,28)25-9-7-13-3-1-2-4-15(13)25/h1-6,11H,7-10,12H2,(H2,22,24,26). The van der Waals surface area contributed by atoms with Crippen molar-refractivity contribution in [1.82, 2.24) is 10.3 Å². The maximum absolute atomic E-state index is 12.6. The Morgan fingerprint density at radius 3 is 2.67 bits per heavy atom. The molecule has 12 heteroatoms. The van der Waals surface area contributed by atoms with Gasteiger partial charge in [0.05, 0.1) is 23.3 Å². The summed E-state index contributed by atoms with van der Waals surface area (Å²) < 4.78 is 67.2. The number of rotatable bonds is 7. The number of carbonyl (C=O) groups excluding carboxylic acids is 1. The number of hydrogen-bond acceptors (Lipinski definition) is 5. The van der Waals surface area contributed by atoms with Crippen LogP contribution in [0.3, 0.4) is 0 Å². The number of amides is 2. The van der Waals surface area contributed by atoms with Crippen LogP contribution in [0.1, 0.15) is 5.56 Å². The maximum Gasteiger partial charge on any atom is 0.422 e. The molecule has 1 aliphatic rings. The van der Waals surface area contributed by atoms with Crippen LogP contribution in [-0.2, 0) is 16.4 Å². The van der Waals surface area contributed by atoms with E-state index in [-0.39, 0.29) is 23.9 Å². The van der Waals surface area contributed by atoms with E-state index in [0.717, 1.165) is 11.8 Å². The molecule has 1 aromatic heterocycles. The van der Waals surface area contributed by atoms with E-state index in [9.17, 15) is 26.4 Å². The summed E-state index contributed by atoms with van der Waals surface area (Å²) in [7, 11) is -3.60. The van der Waals surface area contributed by atoms with Crippen molar-refractivity contribution in [3.63, 3.8) is 0 Å². The zero-order chi connectivity index (χ0) is 21.8. The Balaban J connectivity index is 1.46. The van der Waals surface area contributed by atoms with Gasteiger partial charge in [0.15, 0.2) is 6.61 Å². The van der Waals surface area contributed by atoms with Gasteiger partial charge >= 0.3 is 12.2 Å². The number of aromatic nitrogens is 1. The lowest BCUT2D eigenvalue weighted by Crippen LogP contribution is -2.38. The van der Waals surface area contributed by atoms with E-state index < -0.39 is 28.8 Å². The summed E-state index contributed by atoms with van der Waals surface area (Å²) in [5.41, 5.74) is 1.82. The molecule has 2 aromatic rings. The van der Waals surface area contributed by atoms with Crippen LogP contribution in [0.15, 0.2) is 42.6 Å². The van der Waals surface area contributed by atoms with Crippen molar-refractivity contribution in [2.75, 3.05) is 35.1 Å². The van der Waals surface area contributed by atoms with E-state index in [1.165, 1.54) is 16.4 Å². The number of pyridine rings is 1. The van der Waals surface area contributed by atoms with Crippen molar-refractivity contribution in [2.45, 2.75) is 12.6 Å². The fraction of sp³-hybridized carbons (Fsp3) is 0.333. The molecule has 1 aliphatic heterocycles. The highest BCUT2D eigenvalue weighted by Gasteiger charge is 2.29. The first-order chi connectivity index (χ1) is 14.1. The second-order valence-electron chi connectivity index (χ2n) is 6.44. The van der Waals surface area contributed by atoms with Crippen molar-refractivity contribution >= 4 is 27.4 Å². The Morgan fingerprint density at radius 1 is 1.20 bits per heavy atom. The van der Waals surface area contributed by atoms with Crippen molar-refractivity contribution in [2.24, 2.45) is 0 Å². The van der Waals surface area contributed by atoms with Gasteiger partial charge in [0.2, 0.25) is 15.9 Å². The lowest BCUT2D eigenvalue weighted by atomic mass is 10.2. The van der Waals surface area contributed by atoms with Crippen molar-refractivity contribution in [3.05, 3.63) is 48.2 Å². The molecular formula is C18H19F3N4O4S. The highest BCUT2D eigenvalue weighted by atomic mass is 32.2. The number of ether oxygens (including phenoxy) is 1. The molecule has 0 fully saturated rings. The van der Waals surface area contributed by atoms with E-state index in [2.05, 4.69) is 20.4 Å². The minimum absolute atomic E-state index is 0.118. The van der Waals surface area contributed by atoms with Gasteiger partial charge in [0, 0.05) is 19.2 Å². The average Bonchev–Trinajstić information content (AvgIpc) is 3.12. The van der Waals surface area contributed by atoms with E-state index >= 15 is 0 Å². The zero-order valence-electron chi connectivity index (χ0n) is 15.6. The number of hydrogen-bond donors (Lipinski definition) is 2. The van der Waals surface area contributed by atoms with Gasteiger partial charge in [-0.05, 0) is 24.1 Å². The number of anilines is 2. The number of sulfonamides is 1. The molecule has 8 nitrogen and oxygen atoms in total. The third-order valence-electron chi connectivity index (χ3n) is 4.20. The summed E-state index contributed by atoms with van der Waals surface area (Å²) in [6, 6.07) is 9.07. The number of halogens is 3. The molecule has 0 radical (unpaired) electrons. The van der Waals surface area contributed by atoms with Crippen molar-refractivity contribution < 1.29 is 31.1 Å². The van der Waals surface area contributed by atoms with Crippen LogP contribution in [0.5, 0.6) is 5.88 Å². The molecule has 2 heterocycles. The lowest BCUT2D eigenvalue weighted by molar-refractivity contribution is -0.154. The largest absolute Gasteiger partial charge is 0.468 e. The molecule has 0 unspecified atom stereocenters. The second-order valence-corrected chi connectivity index (χ2v) is 8.45. The van der Waals surface area contributed by atoms with Crippen LogP contribution in [0.4, 0.5) is 29.3 Å². The number of para-hydroxylation sites is 1. The zero-order valence-corrected chi connectivity index (χ0v) is 16.5. The van der Waals surface area contributed by atoms with Crippen LogP contribution in [0.2, 0.25) is 0 Å². The van der Waals surface area contributed by atoms with Crippen LogP contribution < -0.4 is 19.7 Å². The molecule has 3 rings (SSSR count). The predicted molar refractivity (Wildman–Crippen MR) is 104 cm³/mol. The molecule has 0 bridgehead atoms. The number of benzene rings is 1. The van der Waals surface area contributed by atoms with Gasteiger partial charge in [-0.25, -0.2) is 18.2 Å². The smallest absolute Gasteiger partial charge is 0.422 e. The minimum Gasteiger partial charge on any atom is -0.468 e. The summed E-state index contributed by atoms with van der Waals surface area (Å²) >= 11 is 0. The van der Waals surface area contributed by atoms with Gasteiger partial charge in [0.1, 0.15) is 0 Å². The Hall–Kier alpha value is -3.02. The van der Waals surface area contributed by atoms with Crippen LogP contribution in [-0.4, -0.2) is 51.1 Å². The van der Waals surface area contributed by atoms with Crippen molar-refractivity contribution in [1.29, 1.82) is 0 Å². The van der Waals surface area contributed by atoms with Crippen LogP contribution >= 0.6 is 0 Å². The fourth-order valence-corrected chi connectivity index (χ4v) is 4.30. The molecule has 30 heavy (non-hydrogen) atoms. The first kappa shape index (κ1) is 21.7. The fourth-order valence-electron chi connectivity index (χ4n) is 2.87. The molecule has 0 saturated heterocycles. The SMILES string of the molecule is O=C(NCCS(=O)(=O)N1CCc2ccccc21)Nc1ccc(OCC(F)(F)F)nc1. The molecular weight excluding hydrogens is 425 g/mol. The van der Waals surface area contributed by atoms with Gasteiger partial charge in [-0.1, -0.05) is 18.2 Å². The Labute approximate surface area is 171 Å². The van der Waals surface area contributed by atoms with Gasteiger partial charge in [-0.3, -0.25) is 4.31 Å². The Bertz CT molecular complexity index is 997. The maximum atomic E-state index is 12.6. The highest BCUT2D eigenvalue weighted by Crippen LogP contribution is 2.29. The van der Waals surface area contributed by atoms with E-state index in [0.29, 0.717) is 18.7 Å². The second kappa shape index (κ2) is 8.78. The Kier molecular flexibility index (Phi) is 6.34. The quantitative estimate of drug-likeness (QED) is 0.684. The topological polar surface area (TPSA) is 101 Å². The van der Waals surface area contributed by atoms with Crippen molar-refractivity contribution in [3.8, 4) is 5.88 Å². The Morgan fingerprint density at radius 2 is 1.97 bits per heavy atom. The highest BCUT2D eigenvalue weighted by molar-refractivity contribution is 7.92. The molecule has 1 aromatic carbocycles. The van der Waals surface area contributed by atoms with Crippen LogP contribution in [0, 0.1) is 0 Å². The van der Waals surface area contributed by atoms with E-state index in [1.807, 2.05) is 12.1 Å².